The Bertz CT molecular complexity index is 1150. The first-order chi connectivity index (χ1) is 15.9. The van der Waals surface area contributed by atoms with Gasteiger partial charge >= 0.3 is 0 Å². The molecule has 33 heavy (non-hydrogen) atoms. The molecule has 1 amide bonds. The number of nitro benzene ring substituents is 1. The van der Waals surface area contributed by atoms with Gasteiger partial charge in [0.2, 0.25) is 0 Å². The van der Waals surface area contributed by atoms with Crippen LogP contribution in [0.5, 0.6) is 11.5 Å². The molecule has 0 radical (unpaired) electrons. The minimum Gasteiger partial charge on any atom is -0.490 e. The van der Waals surface area contributed by atoms with Gasteiger partial charge in [-0.15, -0.1) is 0 Å². The number of carbonyl (C=O) groups excluding carboxylic acids is 1. The standard InChI is InChI=1S/C24H24IN3O5/c1-3-32-22-12-17(14-26-18-7-5-9-20(13-18)28(30)31)11-21(25)24(22)33-15-23(29)27-19-8-4-6-16(2)10-19/h4-13,26H,3,14-15H2,1-2H3,(H,27,29). The third-order valence-electron chi connectivity index (χ3n) is 4.57. The van der Waals surface area contributed by atoms with Crippen LogP contribution in [0.1, 0.15) is 18.1 Å². The van der Waals surface area contributed by atoms with E-state index in [0.717, 1.165) is 14.7 Å². The van der Waals surface area contributed by atoms with Crippen molar-refractivity contribution in [3.8, 4) is 11.5 Å². The maximum atomic E-state index is 12.3. The summed E-state index contributed by atoms with van der Waals surface area (Å²) in [6, 6.07) is 17.6. The lowest BCUT2D eigenvalue weighted by atomic mass is 10.2. The van der Waals surface area contributed by atoms with Crippen molar-refractivity contribution >= 4 is 45.6 Å². The Kier molecular flexibility index (Phi) is 8.47. The molecule has 8 nitrogen and oxygen atoms in total. The van der Waals surface area contributed by atoms with Gasteiger partial charge in [0.1, 0.15) is 0 Å². The van der Waals surface area contributed by atoms with Crippen molar-refractivity contribution in [3.63, 3.8) is 0 Å². The number of carbonyl (C=O) groups is 1. The van der Waals surface area contributed by atoms with Gasteiger partial charge in [-0.3, -0.25) is 14.9 Å². The van der Waals surface area contributed by atoms with Gasteiger partial charge in [-0.05, 0) is 77.9 Å². The van der Waals surface area contributed by atoms with E-state index >= 15 is 0 Å². The fourth-order valence-corrected chi connectivity index (χ4v) is 3.94. The molecule has 0 fully saturated rings. The average Bonchev–Trinajstić information content (AvgIpc) is 2.77. The van der Waals surface area contributed by atoms with E-state index in [4.69, 9.17) is 9.47 Å². The van der Waals surface area contributed by atoms with Crippen LogP contribution < -0.4 is 20.1 Å². The largest absolute Gasteiger partial charge is 0.490 e. The first-order valence-electron chi connectivity index (χ1n) is 10.3. The second-order valence-corrected chi connectivity index (χ2v) is 8.37. The minimum atomic E-state index is -0.428. The molecule has 2 N–H and O–H groups in total. The van der Waals surface area contributed by atoms with Gasteiger partial charge in [0.25, 0.3) is 11.6 Å². The fraction of sp³-hybridized carbons (Fsp3) is 0.208. The Balaban J connectivity index is 1.68. The number of amides is 1. The van der Waals surface area contributed by atoms with Crippen molar-refractivity contribution in [3.05, 3.63) is 85.5 Å². The molecule has 0 aromatic heterocycles. The van der Waals surface area contributed by atoms with Gasteiger partial charge in [-0.2, -0.15) is 0 Å². The number of ether oxygens (including phenoxy) is 2. The molecule has 3 rings (SSSR count). The molecule has 0 spiro atoms. The van der Waals surface area contributed by atoms with Crippen molar-refractivity contribution in [2.24, 2.45) is 0 Å². The topological polar surface area (TPSA) is 103 Å². The summed E-state index contributed by atoms with van der Waals surface area (Å²) < 4.78 is 12.3. The van der Waals surface area contributed by atoms with Gasteiger partial charge in [-0.1, -0.05) is 18.2 Å². The predicted molar refractivity (Wildman–Crippen MR) is 136 cm³/mol. The Morgan fingerprint density at radius 2 is 1.82 bits per heavy atom. The van der Waals surface area contributed by atoms with E-state index in [1.54, 1.807) is 12.1 Å². The molecule has 3 aromatic carbocycles. The number of anilines is 2. The van der Waals surface area contributed by atoms with Gasteiger partial charge in [0.15, 0.2) is 18.1 Å². The zero-order valence-corrected chi connectivity index (χ0v) is 20.4. The average molecular weight is 561 g/mol. The van der Waals surface area contributed by atoms with Crippen molar-refractivity contribution in [1.82, 2.24) is 0 Å². The highest BCUT2D eigenvalue weighted by molar-refractivity contribution is 14.1. The van der Waals surface area contributed by atoms with Crippen LogP contribution in [0.3, 0.4) is 0 Å². The first kappa shape index (κ1) is 24.3. The first-order valence-corrected chi connectivity index (χ1v) is 11.4. The summed E-state index contributed by atoms with van der Waals surface area (Å²) in [6.07, 6.45) is 0. The van der Waals surface area contributed by atoms with E-state index in [1.165, 1.54) is 12.1 Å². The van der Waals surface area contributed by atoms with Crippen LogP contribution in [-0.2, 0) is 11.3 Å². The van der Waals surface area contributed by atoms with Crippen molar-refractivity contribution in [2.75, 3.05) is 23.8 Å². The number of nitrogens with zero attached hydrogens (tertiary/aromatic N) is 1. The number of hydrogen-bond donors (Lipinski definition) is 2. The van der Waals surface area contributed by atoms with Crippen molar-refractivity contribution in [1.29, 1.82) is 0 Å². The summed E-state index contributed by atoms with van der Waals surface area (Å²) in [7, 11) is 0. The summed E-state index contributed by atoms with van der Waals surface area (Å²) in [4.78, 5) is 22.9. The maximum absolute atomic E-state index is 12.3. The quantitative estimate of drug-likeness (QED) is 0.192. The molecule has 0 aliphatic rings. The Morgan fingerprint density at radius 1 is 1.06 bits per heavy atom. The summed E-state index contributed by atoms with van der Waals surface area (Å²) in [6.45, 7) is 4.54. The van der Waals surface area contributed by atoms with Crippen LogP contribution in [0.25, 0.3) is 0 Å². The Labute approximate surface area is 205 Å². The van der Waals surface area contributed by atoms with E-state index in [0.29, 0.717) is 36.0 Å². The highest BCUT2D eigenvalue weighted by Crippen LogP contribution is 2.34. The maximum Gasteiger partial charge on any atom is 0.271 e. The normalized spacial score (nSPS) is 10.4. The second-order valence-electron chi connectivity index (χ2n) is 7.21. The molecular formula is C24H24IN3O5. The number of nitro groups is 1. The third-order valence-corrected chi connectivity index (χ3v) is 5.37. The van der Waals surface area contributed by atoms with Crippen LogP contribution in [0.2, 0.25) is 0 Å². The molecule has 0 unspecified atom stereocenters. The summed E-state index contributed by atoms with van der Waals surface area (Å²) in [5.74, 6) is 0.759. The number of rotatable bonds is 10. The van der Waals surface area contributed by atoms with Crippen molar-refractivity contribution in [2.45, 2.75) is 20.4 Å². The predicted octanol–water partition coefficient (Wildman–Crippen LogP) is 5.54. The molecule has 0 saturated heterocycles. The Morgan fingerprint density at radius 3 is 2.55 bits per heavy atom. The molecule has 0 aliphatic heterocycles. The van der Waals surface area contributed by atoms with E-state index in [2.05, 4.69) is 33.2 Å². The second kappa shape index (κ2) is 11.5. The van der Waals surface area contributed by atoms with Crippen LogP contribution in [0.15, 0.2) is 60.7 Å². The van der Waals surface area contributed by atoms with Gasteiger partial charge < -0.3 is 20.1 Å². The smallest absolute Gasteiger partial charge is 0.271 e. The number of non-ortho nitro benzene ring substituents is 1. The lowest BCUT2D eigenvalue weighted by molar-refractivity contribution is -0.384. The highest BCUT2D eigenvalue weighted by atomic mass is 127. The van der Waals surface area contributed by atoms with E-state index in [1.807, 2.05) is 50.2 Å². The zero-order valence-electron chi connectivity index (χ0n) is 18.3. The van der Waals surface area contributed by atoms with E-state index < -0.39 is 4.92 Å². The summed E-state index contributed by atoms with van der Waals surface area (Å²) >= 11 is 2.14. The number of hydrogen-bond acceptors (Lipinski definition) is 6. The third kappa shape index (κ3) is 7.07. The molecule has 172 valence electrons. The zero-order chi connectivity index (χ0) is 23.8. The van der Waals surface area contributed by atoms with Crippen LogP contribution in [-0.4, -0.2) is 24.0 Å². The van der Waals surface area contributed by atoms with E-state index in [9.17, 15) is 14.9 Å². The SMILES string of the molecule is CCOc1cc(CNc2cccc([N+](=O)[O-])c2)cc(I)c1OCC(=O)Nc1cccc(C)c1. The van der Waals surface area contributed by atoms with Crippen molar-refractivity contribution < 1.29 is 19.2 Å². The summed E-state index contributed by atoms with van der Waals surface area (Å²) in [5, 5.41) is 17.0. The fourth-order valence-electron chi connectivity index (χ4n) is 3.12. The highest BCUT2D eigenvalue weighted by Gasteiger charge is 2.15. The number of benzene rings is 3. The molecule has 0 saturated carbocycles. The molecule has 9 heteroatoms. The lowest BCUT2D eigenvalue weighted by Crippen LogP contribution is -2.20. The molecular weight excluding hydrogens is 537 g/mol. The van der Waals surface area contributed by atoms with Crippen LogP contribution in [0, 0.1) is 20.6 Å². The van der Waals surface area contributed by atoms with Gasteiger partial charge in [0.05, 0.1) is 15.1 Å². The summed E-state index contributed by atoms with van der Waals surface area (Å²) in [5.41, 5.74) is 3.34. The number of nitrogens with one attached hydrogen (secondary N) is 2. The molecule has 3 aromatic rings. The van der Waals surface area contributed by atoms with E-state index in [-0.39, 0.29) is 18.2 Å². The van der Waals surface area contributed by atoms with Crippen LogP contribution in [0.4, 0.5) is 17.1 Å². The lowest BCUT2D eigenvalue weighted by Gasteiger charge is -2.16. The van der Waals surface area contributed by atoms with Crippen LogP contribution >= 0.6 is 22.6 Å². The molecule has 0 bridgehead atoms. The molecule has 0 atom stereocenters. The molecule has 0 aliphatic carbocycles. The molecule has 0 heterocycles. The number of aryl methyl sites for hydroxylation is 1. The Hall–Kier alpha value is -3.34. The number of halogens is 1. The minimum absolute atomic E-state index is 0.0253. The monoisotopic (exact) mass is 561 g/mol. The van der Waals surface area contributed by atoms with Gasteiger partial charge in [0, 0.05) is 30.1 Å². The van der Waals surface area contributed by atoms with Gasteiger partial charge in [-0.25, -0.2) is 0 Å².